The summed E-state index contributed by atoms with van der Waals surface area (Å²) in [5, 5.41) is 9.59. The lowest BCUT2D eigenvalue weighted by atomic mass is 9.69. The van der Waals surface area contributed by atoms with Crippen molar-refractivity contribution in [2.24, 2.45) is 0 Å². The summed E-state index contributed by atoms with van der Waals surface area (Å²) in [6.07, 6.45) is 3.82. The Hall–Kier alpha value is -1.78. The molecule has 0 atom stereocenters. The van der Waals surface area contributed by atoms with Crippen LogP contribution in [0.25, 0.3) is 0 Å². The minimum absolute atomic E-state index is 0.0181. The van der Waals surface area contributed by atoms with E-state index in [2.05, 4.69) is 0 Å². The molecule has 3 rings (SSSR count). The molecule has 1 heterocycles. The molecule has 19 heavy (non-hydrogen) atoms. The van der Waals surface area contributed by atoms with Crippen LogP contribution in [0.2, 0.25) is 0 Å². The van der Waals surface area contributed by atoms with Crippen LogP contribution in [0.3, 0.4) is 0 Å². The van der Waals surface area contributed by atoms with Crippen molar-refractivity contribution >= 4 is 5.97 Å². The number of carbonyl (C=O) groups is 1. The normalized spacial score (nSPS) is 20.3. The fourth-order valence-electron chi connectivity index (χ4n) is 3.03. The van der Waals surface area contributed by atoms with Crippen molar-refractivity contribution in [1.82, 2.24) is 0 Å². The molecule has 0 saturated heterocycles. The molecule has 1 aromatic rings. The molecule has 0 bridgehead atoms. The van der Waals surface area contributed by atoms with E-state index in [0.29, 0.717) is 24.2 Å². The maximum Gasteiger partial charge on any atom is 0.314 e. The molecule has 1 aliphatic carbocycles. The van der Waals surface area contributed by atoms with E-state index in [4.69, 9.17) is 9.47 Å². The Morgan fingerprint density at radius 2 is 1.95 bits per heavy atom. The second-order valence-corrected chi connectivity index (χ2v) is 5.14. The van der Waals surface area contributed by atoms with Crippen LogP contribution < -0.4 is 9.47 Å². The molecule has 5 heteroatoms. The van der Waals surface area contributed by atoms with E-state index in [1.54, 1.807) is 6.07 Å². The molecule has 1 saturated carbocycles. The fourth-order valence-corrected chi connectivity index (χ4v) is 3.03. The lowest BCUT2D eigenvalue weighted by Crippen LogP contribution is -2.37. The first-order valence-electron chi connectivity index (χ1n) is 6.46. The Labute approximate surface area is 110 Å². The fraction of sp³-hybridized carbons (Fsp3) is 0.500. The molecule has 0 radical (unpaired) electrons. The van der Waals surface area contributed by atoms with Gasteiger partial charge in [-0.2, -0.15) is 0 Å². The quantitative estimate of drug-likeness (QED) is 0.894. The first kappa shape index (κ1) is 12.3. The van der Waals surface area contributed by atoms with Crippen LogP contribution in [0.15, 0.2) is 12.1 Å². The number of aliphatic carboxylic acids is 1. The highest BCUT2D eigenvalue weighted by Gasteiger charge is 2.42. The molecule has 0 spiro atoms. The monoisotopic (exact) mass is 266 g/mol. The van der Waals surface area contributed by atoms with Gasteiger partial charge in [0.25, 0.3) is 0 Å². The third-order valence-electron chi connectivity index (χ3n) is 4.10. The second kappa shape index (κ2) is 4.40. The Kier molecular flexibility index (Phi) is 2.84. The minimum atomic E-state index is -0.986. The van der Waals surface area contributed by atoms with Crippen molar-refractivity contribution in [1.29, 1.82) is 0 Å². The van der Waals surface area contributed by atoms with Gasteiger partial charge < -0.3 is 14.6 Å². The molecule has 1 aliphatic heterocycles. The predicted molar refractivity (Wildman–Crippen MR) is 64.9 cm³/mol. The highest BCUT2D eigenvalue weighted by molar-refractivity contribution is 5.82. The summed E-state index contributed by atoms with van der Waals surface area (Å²) < 4.78 is 24.1. The molecule has 2 aliphatic rings. The average molecular weight is 266 g/mol. The summed E-state index contributed by atoms with van der Waals surface area (Å²) in [6.45, 7) is -0.0181. The van der Waals surface area contributed by atoms with Crippen molar-refractivity contribution in [3.63, 3.8) is 0 Å². The van der Waals surface area contributed by atoms with Gasteiger partial charge in [0, 0.05) is 0 Å². The predicted octanol–water partition coefficient (Wildman–Crippen LogP) is 2.84. The summed E-state index contributed by atoms with van der Waals surface area (Å²) in [6, 6.07) is 2.90. The topological polar surface area (TPSA) is 55.8 Å². The van der Waals surface area contributed by atoms with Crippen molar-refractivity contribution in [2.75, 3.05) is 6.79 Å². The molecule has 4 nitrogen and oxygen atoms in total. The Bertz CT molecular complexity index is 520. The van der Waals surface area contributed by atoms with Crippen LogP contribution in [-0.2, 0) is 10.2 Å². The van der Waals surface area contributed by atoms with Crippen LogP contribution in [0.4, 0.5) is 4.39 Å². The smallest absolute Gasteiger partial charge is 0.314 e. The maximum atomic E-state index is 13.9. The largest absolute Gasteiger partial charge is 0.481 e. The minimum Gasteiger partial charge on any atom is -0.481 e. The molecule has 0 amide bonds. The van der Waals surface area contributed by atoms with E-state index in [1.807, 2.05) is 0 Å². The molecule has 102 valence electrons. The highest BCUT2D eigenvalue weighted by atomic mass is 19.1. The molecule has 0 aromatic heterocycles. The number of carboxylic acids is 1. The average Bonchev–Trinajstić information content (AvgIpc) is 2.88. The van der Waals surface area contributed by atoms with Crippen molar-refractivity contribution in [3.05, 3.63) is 23.5 Å². The number of carboxylic acid groups (broad SMARTS) is 1. The second-order valence-electron chi connectivity index (χ2n) is 5.14. The first-order chi connectivity index (χ1) is 9.13. The molecular formula is C14H15FO4. The van der Waals surface area contributed by atoms with E-state index in [0.717, 1.165) is 19.3 Å². The summed E-state index contributed by atoms with van der Waals surface area (Å²) in [5.74, 6) is -1.04. The molecule has 1 aromatic carbocycles. The van der Waals surface area contributed by atoms with Crippen molar-refractivity contribution in [3.8, 4) is 11.5 Å². The van der Waals surface area contributed by atoms with Gasteiger partial charge in [0.05, 0.1) is 5.41 Å². The van der Waals surface area contributed by atoms with Gasteiger partial charge in [-0.3, -0.25) is 4.79 Å². The van der Waals surface area contributed by atoms with Gasteiger partial charge in [-0.15, -0.1) is 0 Å². The lowest BCUT2D eigenvalue weighted by molar-refractivity contribution is -0.145. The third kappa shape index (κ3) is 1.84. The number of hydrogen-bond donors (Lipinski definition) is 1. The number of rotatable bonds is 2. The Morgan fingerprint density at radius 1 is 1.21 bits per heavy atom. The molecular weight excluding hydrogens is 251 g/mol. The number of hydrogen-bond acceptors (Lipinski definition) is 3. The highest BCUT2D eigenvalue weighted by Crippen LogP contribution is 2.44. The third-order valence-corrected chi connectivity index (χ3v) is 4.10. The van der Waals surface area contributed by atoms with E-state index in [9.17, 15) is 14.3 Å². The Balaban J connectivity index is 2.08. The van der Waals surface area contributed by atoms with Crippen LogP contribution in [0.5, 0.6) is 11.5 Å². The summed E-state index contributed by atoms with van der Waals surface area (Å²) in [7, 11) is 0. The van der Waals surface area contributed by atoms with Gasteiger partial charge in [-0.05, 0) is 30.5 Å². The van der Waals surface area contributed by atoms with Crippen LogP contribution in [0, 0.1) is 5.82 Å². The van der Waals surface area contributed by atoms with E-state index in [-0.39, 0.29) is 12.5 Å². The van der Waals surface area contributed by atoms with Crippen LogP contribution >= 0.6 is 0 Å². The Morgan fingerprint density at radius 3 is 2.63 bits per heavy atom. The number of fused-ring (bicyclic) bond motifs is 1. The zero-order valence-corrected chi connectivity index (χ0v) is 10.4. The first-order valence-corrected chi connectivity index (χ1v) is 6.46. The molecule has 1 N–H and O–H groups in total. The van der Waals surface area contributed by atoms with Gasteiger partial charge >= 0.3 is 5.97 Å². The van der Waals surface area contributed by atoms with Crippen molar-refractivity contribution < 1.29 is 23.8 Å². The van der Waals surface area contributed by atoms with Gasteiger partial charge in [0.15, 0.2) is 11.6 Å². The lowest BCUT2D eigenvalue weighted by Gasteiger charge is -2.33. The van der Waals surface area contributed by atoms with Crippen LogP contribution in [-0.4, -0.2) is 17.9 Å². The van der Waals surface area contributed by atoms with E-state index >= 15 is 0 Å². The summed E-state index contributed by atoms with van der Waals surface area (Å²) in [4.78, 5) is 11.7. The van der Waals surface area contributed by atoms with E-state index < -0.39 is 17.2 Å². The summed E-state index contributed by atoms with van der Waals surface area (Å²) >= 11 is 0. The SMILES string of the molecule is O=C(O)C1(c2cc(F)c3c(c2)OCO3)CCCCC1. The van der Waals surface area contributed by atoms with Gasteiger partial charge in [0.2, 0.25) is 12.5 Å². The van der Waals surface area contributed by atoms with Crippen molar-refractivity contribution in [2.45, 2.75) is 37.5 Å². The standard InChI is InChI=1S/C14H15FO4/c15-10-6-9(7-11-12(10)19-8-18-11)14(13(16)17)4-2-1-3-5-14/h6-7H,1-5,8H2,(H,16,17). The molecule has 0 unspecified atom stereocenters. The maximum absolute atomic E-state index is 13.9. The van der Waals surface area contributed by atoms with Crippen LogP contribution in [0.1, 0.15) is 37.7 Å². The van der Waals surface area contributed by atoms with Gasteiger partial charge in [-0.1, -0.05) is 19.3 Å². The number of ether oxygens (including phenoxy) is 2. The zero-order valence-electron chi connectivity index (χ0n) is 10.4. The van der Waals surface area contributed by atoms with Gasteiger partial charge in [0.1, 0.15) is 0 Å². The molecule has 1 fully saturated rings. The summed E-state index contributed by atoms with van der Waals surface area (Å²) in [5.41, 5.74) is -0.499. The van der Waals surface area contributed by atoms with E-state index in [1.165, 1.54) is 6.07 Å². The zero-order chi connectivity index (χ0) is 13.5. The van der Waals surface area contributed by atoms with Gasteiger partial charge in [-0.25, -0.2) is 4.39 Å². The number of benzene rings is 1. The number of halogens is 1.